The highest BCUT2D eigenvalue weighted by Gasteiger charge is 2.48. The fourth-order valence-electron chi connectivity index (χ4n) is 4.46. The Hall–Kier alpha value is -2.95. The molecule has 4 rings (SSSR count). The predicted molar refractivity (Wildman–Crippen MR) is 120 cm³/mol. The van der Waals surface area contributed by atoms with Crippen LogP contribution in [-0.2, 0) is 9.59 Å². The summed E-state index contributed by atoms with van der Waals surface area (Å²) in [4.78, 5) is 32.9. The van der Waals surface area contributed by atoms with Crippen LogP contribution in [0.3, 0.4) is 0 Å². The number of aliphatic imine (C=N–C) groups is 1. The van der Waals surface area contributed by atoms with Crippen LogP contribution in [0.5, 0.6) is 0 Å². The second kappa shape index (κ2) is 8.42. The smallest absolute Gasteiger partial charge is 0.275 e. The number of nitrogens with one attached hydrogen (secondary N) is 1. The van der Waals surface area contributed by atoms with Crippen LogP contribution in [0, 0.1) is 0 Å². The number of benzene rings is 2. The quantitative estimate of drug-likeness (QED) is 0.784. The highest BCUT2D eigenvalue weighted by atomic mass is 16.2. The molecule has 30 heavy (non-hydrogen) atoms. The maximum absolute atomic E-state index is 13.3. The lowest BCUT2D eigenvalue weighted by Crippen LogP contribution is -2.51. The molecule has 1 saturated carbocycles. The molecule has 156 valence electrons. The summed E-state index contributed by atoms with van der Waals surface area (Å²) in [5.41, 5.74) is 2.65. The first-order valence-electron chi connectivity index (χ1n) is 10.9. The van der Waals surface area contributed by atoms with Crippen LogP contribution >= 0.6 is 0 Å². The minimum atomic E-state index is -0.586. The molecule has 0 unspecified atom stereocenters. The Balaban J connectivity index is 1.55. The number of carbonyl (C=O) groups is 2. The van der Waals surface area contributed by atoms with Crippen molar-refractivity contribution in [3.8, 4) is 0 Å². The second-order valence-corrected chi connectivity index (χ2v) is 8.59. The fourth-order valence-corrected chi connectivity index (χ4v) is 4.46. The summed E-state index contributed by atoms with van der Waals surface area (Å²) in [5, 5.41) is 2.98. The van der Waals surface area contributed by atoms with E-state index in [4.69, 9.17) is 4.99 Å². The van der Waals surface area contributed by atoms with Gasteiger partial charge in [-0.05, 0) is 49.3 Å². The van der Waals surface area contributed by atoms with Crippen molar-refractivity contribution in [2.75, 3.05) is 11.9 Å². The van der Waals surface area contributed by atoms with Crippen molar-refractivity contribution >= 4 is 23.2 Å². The van der Waals surface area contributed by atoms with Crippen molar-refractivity contribution in [3.05, 3.63) is 65.7 Å². The van der Waals surface area contributed by atoms with Gasteiger partial charge in [-0.1, -0.05) is 62.7 Å². The van der Waals surface area contributed by atoms with Gasteiger partial charge >= 0.3 is 0 Å². The van der Waals surface area contributed by atoms with E-state index in [0.717, 1.165) is 43.4 Å². The van der Waals surface area contributed by atoms with Crippen LogP contribution in [0.4, 0.5) is 5.69 Å². The van der Waals surface area contributed by atoms with E-state index in [-0.39, 0.29) is 18.4 Å². The van der Waals surface area contributed by atoms with Gasteiger partial charge in [0.25, 0.3) is 5.91 Å². The van der Waals surface area contributed by atoms with Crippen molar-refractivity contribution in [3.63, 3.8) is 0 Å². The third-order valence-corrected chi connectivity index (χ3v) is 6.11. The molecule has 0 saturated heterocycles. The number of nitrogens with zero attached hydrogens (tertiary/aromatic N) is 2. The Labute approximate surface area is 178 Å². The monoisotopic (exact) mass is 403 g/mol. The summed E-state index contributed by atoms with van der Waals surface area (Å²) in [6, 6.07) is 17.5. The van der Waals surface area contributed by atoms with E-state index >= 15 is 0 Å². The number of anilines is 1. The molecule has 2 aromatic rings. The number of hydrogen-bond donors (Lipinski definition) is 1. The molecule has 1 fully saturated rings. The number of carbonyl (C=O) groups excluding carboxylic acids is 2. The summed E-state index contributed by atoms with van der Waals surface area (Å²) >= 11 is 0. The van der Waals surface area contributed by atoms with Crippen LogP contribution in [0.2, 0.25) is 0 Å². The van der Waals surface area contributed by atoms with E-state index < -0.39 is 5.66 Å². The maximum atomic E-state index is 13.3. The molecule has 1 spiro atoms. The molecule has 1 aliphatic heterocycles. The first kappa shape index (κ1) is 20.3. The van der Waals surface area contributed by atoms with Gasteiger partial charge in [0.2, 0.25) is 5.91 Å². The van der Waals surface area contributed by atoms with E-state index in [2.05, 4.69) is 25.2 Å². The van der Waals surface area contributed by atoms with Crippen molar-refractivity contribution in [2.45, 2.75) is 57.5 Å². The van der Waals surface area contributed by atoms with Crippen LogP contribution in [0.1, 0.15) is 63.0 Å². The Kier molecular flexibility index (Phi) is 5.71. The summed E-state index contributed by atoms with van der Waals surface area (Å²) in [7, 11) is 0. The molecule has 2 aliphatic rings. The topological polar surface area (TPSA) is 61.8 Å². The average molecular weight is 404 g/mol. The molecule has 1 aliphatic carbocycles. The minimum absolute atomic E-state index is 0.0184. The van der Waals surface area contributed by atoms with Gasteiger partial charge in [0.15, 0.2) is 0 Å². The Morgan fingerprint density at radius 3 is 2.50 bits per heavy atom. The number of rotatable bonds is 5. The van der Waals surface area contributed by atoms with Gasteiger partial charge < -0.3 is 10.2 Å². The van der Waals surface area contributed by atoms with Gasteiger partial charge in [0.05, 0.1) is 0 Å². The SMILES string of the molecule is CC(C)c1cccc(NC(=O)CN2C(=O)C(c3ccccc3)=NC23CCCCC3)c1. The Morgan fingerprint density at radius 1 is 1.07 bits per heavy atom. The lowest BCUT2D eigenvalue weighted by atomic mass is 9.88. The van der Waals surface area contributed by atoms with Gasteiger partial charge in [0, 0.05) is 11.3 Å². The van der Waals surface area contributed by atoms with E-state index in [1.165, 1.54) is 5.56 Å². The summed E-state index contributed by atoms with van der Waals surface area (Å²) in [5.74, 6) is 0.0576. The molecular weight excluding hydrogens is 374 g/mol. The van der Waals surface area contributed by atoms with Gasteiger partial charge in [0.1, 0.15) is 17.9 Å². The fraction of sp³-hybridized carbons (Fsp3) is 0.400. The predicted octanol–water partition coefficient (Wildman–Crippen LogP) is 4.74. The molecule has 2 aromatic carbocycles. The highest BCUT2D eigenvalue weighted by Crippen LogP contribution is 2.39. The normalized spacial score (nSPS) is 18.0. The highest BCUT2D eigenvalue weighted by molar-refractivity contribution is 6.47. The molecule has 0 radical (unpaired) electrons. The molecule has 1 heterocycles. The summed E-state index contributed by atoms with van der Waals surface area (Å²) in [6.07, 6.45) is 4.81. The third kappa shape index (κ3) is 4.02. The summed E-state index contributed by atoms with van der Waals surface area (Å²) in [6.45, 7) is 4.27. The number of hydrogen-bond acceptors (Lipinski definition) is 3. The van der Waals surface area contributed by atoms with E-state index in [9.17, 15) is 9.59 Å². The zero-order valence-electron chi connectivity index (χ0n) is 17.7. The van der Waals surface area contributed by atoms with Gasteiger partial charge in [-0.2, -0.15) is 0 Å². The minimum Gasteiger partial charge on any atom is -0.325 e. The van der Waals surface area contributed by atoms with Crippen LogP contribution in [0.25, 0.3) is 0 Å². The van der Waals surface area contributed by atoms with Crippen LogP contribution < -0.4 is 5.32 Å². The standard InChI is InChI=1S/C25H29N3O2/c1-18(2)20-12-9-13-21(16-20)26-22(29)17-28-24(30)23(19-10-5-3-6-11-19)27-25(28)14-7-4-8-15-25/h3,5-6,9-13,16,18H,4,7-8,14-15,17H2,1-2H3,(H,26,29). The third-order valence-electron chi connectivity index (χ3n) is 6.11. The van der Waals surface area contributed by atoms with Crippen molar-refractivity contribution in [1.29, 1.82) is 0 Å². The van der Waals surface area contributed by atoms with Crippen molar-refractivity contribution < 1.29 is 9.59 Å². The molecule has 5 heteroatoms. The average Bonchev–Trinajstić information content (AvgIpc) is 3.01. The van der Waals surface area contributed by atoms with E-state index in [0.29, 0.717) is 11.6 Å². The zero-order chi connectivity index (χ0) is 21.1. The van der Waals surface area contributed by atoms with Crippen molar-refractivity contribution in [1.82, 2.24) is 4.90 Å². The molecule has 1 N–H and O–H groups in total. The van der Waals surface area contributed by atoms with Crippen LogP contribution in [-0.4, -0.2) is 34.6 Å². The first-order valence-corrected chi connectivity index (χ1v) is 10.9. The summed E-state index contributed by atoms with van der Waals surface area (Å²) < 4.78 is 0. The number of amides is 2. The largest absolute Gasteiger partial charge is 0.325 e. The maximum Gasteiger partial charge on any atom is 0.275 e. The Morgan fingerprint density at radius 2 is 1.80 bits per heavy atom. The lowest BCUT2D eigenvalue weighted by molar-refractivity contribution is -0.134. The first-order chi connectivity index (χ1) is 14.5. The lowest BCUT2D eigenvalue weighted by Gasteiger charge is -2.38. The molecular formula is C25H29N3O2. The molecule has 0 bridgehead atoms. The van der Waals surface area contributed by atoms with E-state index in [1.54, 1.807) is 4.90 Å². The van der Waals surface area contributed by atoms with Gasteiger partial charge in [-0.25, -0.2) is 0 Å². The Bertz CT molecular complexity index is 959. The van der Waals surface area contributed by atoms with E-state index in [1.807, 2.05) is 48.5 Å². The van der Waals surface area contributed by atoms with Crippen LogP contribution in [0.15, 0.2) is 59.6 Å². The second-order valence-electron chi connectivity index (χ2n) is 8.59. The molecule has 0 atom stereocenters. The molecule has 5 nitrogen and oxygen atoms in total. The molecule has 2 amide bonds. The molecule has 0 aromatic heterocycles. The van der Waals surface area contributed by atoms with Crippen molar-refractivity contribution in [2.24, 2.45) is 4.99 Å². The van der Waals surface area contributed by atoms with Gasteiger partial charge in [-0.3, -0.25) is 14.6 Å². The van der Waals surface area contributed by atoms with Gasteiger partial charge in [-0.15, -0.1) is 0 Å². The zero-order valence-corrected chi connectivity index (χ0v) is 17.7.